The van der Waals surface area contributed by atoms with Crippen LogP contribution in [0.3, 0.4) is 0 Å². The minimum Gasteiger partial charge on any atom is -0.508 e. The summed E-state index contributed by atoms with van der Waals surface area (Å²) in [6.07, 6.45) is 1.82. The Labute approximate surface area is 152 Å². The van der Waals surface area contributed by atoms with E-state index in [0.29, 0.717) is 30.2 Å². The highest BCUT2D eigenvalue weighted by Crippen LogP contribution is 2.21. The molecule has 5 nitrogen and oxygen atoms in total. The Morgan fingerprint density at radius 2 is 1.92 bits per heavy atom. The number of phenols is 1. The molecule has 1 aromatic heterocycles. The van der Waals surface area contributed by atoms with E-state index in [0.717, 1.165) is 5.56 Å². The van der Waals surface area contributed by atoms with Crippen molar-refractivity contribution >= 4 is 5.91 Å². The summed E-state index contributed by atoms with van der Waals surface area (Å²) >= 11 is 0. The average Bonchev–Trinajstić information content (AvgIpc) is 3.16. The van der Waals surface area contributed by atoms with Crippen LogP contribution in [-0.4, -0.2) is 23.0 Å². The van der Waals surface area contributed by atoms with Gasteiger partial charge in [0.05, 0.1) is 26.3 Å². The number of aromatic hydroxyl groups is 1. The lowest BCUT2D eigenvalue weighted by Gasteiger charge is -2.22. The van der Waals surface area contributed by atoms with Gasteiger partial charge in [-0.1, -0.05) is 30.3 Å². The van der Waals surface area contributed by atoms with E-state index in [1.807, 2.05) is 42.5 Å². The lowest BCUT2D eigenvalue weighted by Crippen LogP contribution is -2.31. The fourth-order valence-electron chi connectivity index (χ4n) is 2.74. The summed E-state index contributed by atoms with van der Waals surface area (Å²) in [6.45, 7) is 0.639. The smallest absolute Gasteiger partial charge is 0.227 e. The van der Waals surface area contributed by atoms with E-state index < -0.39 is 0 Å². The van der Waals surface area contributed by atoms with Crippen LogP contribution in [0.25, 0.3) is 0 Å². The zero-order valence-electron chi connectivity index (χ0n) is 14.6. The number of amides is 1. The van der Waals surface area contributed by atoms with Crippen LogP contribution in [0, 0.1) is 0 Å². The molecule has 3 aromatic rings. The zero-order valence-corrected chi connectivity index (χ0v) is 14.6. The highest BCUT2D eigenvalue weighted by molar-refractivity contribution is 5.79. The van der Waals surface area contributed by atoms with Gasteiger partial charge >= 0.3 is 0 Å². The molecule has 5 heteroatoms. The molecule has 26 heavy (non-hydrogen) atoms. The van der Waals surface area contributed by atoms with Crippen molar-refractivity contribution in [3.8, 4) is 11.5 Å². The molecule has 0 saturated carbocycles. The van der Waals surface area contributed by atoms with E-state index in [1.54, 1.807) is 36.5 Å². The van der Waals surface area contributed by atoms with Gasteiger partial charge in [-0.05, 0) is 35.9 Å². The SMILES string of the molecule is COc1cccc(CC(=O)N(Cc2ccco2)Cc2ccccc2O)c1. The van der Waals surface area contributed by atoms with Crippen LogP contribution >= 0.6 is 0 Å². The quantitative estimate of drug-likeness (QED) is 0.704. The summed E-state index contributed by atoms with van der Waals surface area (Å²) in [5.41, 5.74) is 1.56. The molecule has 1 N–H and O–H groups in total. The number of hydrogen-bond donors (Lipinski definition) is 1. The Bertz CT molecular complexity index is 858. The fraction of sp³-hybridized carbons (Fsp3) is 0.190. The Hall–Kier alpha value is -3.21. The van der Waals surface area contributed by atoms with Crippen molar-refractivity contribution in [2.75, 3.05) is 7.11 Å². The molecule has 2 aromatic carbocycles. The first-order valence-electron chi connectivity index (χ1n) is 8.35. The summed E-state index contributed by atoms with van der Waals surface area (Å²) in [5, 5.41) is 10.0. The first kappa shape index (κ1) is 17.6. The van der Waals surface area contributed by atoms with Crippen LogP contribution in [0.5, 0.6) is 11.5 Å². The van der Waals surface area contributed by atoms with Gasteiger partial charge in [0, 0.05) is 12.1 Å². The molecule has 0 saturated heterocycles. The fourth-order valence-corrected chi connectivity index (χ4v) is 2.74. The number of furan rings is 1. The number of carbonyl (C=O) groups excluding carboxylic acids is 1. The summed E-state index contributed by atoms with van der Waals surface area (Å²) in [4.78, 5) is 14.6. The van der Waals surface area contributed by atoms with Gasteiger partial charge in [0.2, 0.25) is 5.91 Å². The molecule has 3 rings (SSSR count). The summed E-state index contributed by atoms with van der Waals surface area (Å²) in [7, 11) is 1.60. The Morgan fingerprint density at radius 3 is 2.65 bits per heavy atom. The number of benzene rings is 2. The summed E-state index contributed by atoms with van der Waals surface area (Å²) < 4.78 is 10.6. The molecule has 0 aliphatic heterocycles. The third-order valence-electron chi connectivity index (χ3n) is 4.12. The molecule has 0 unspecified atom stereocenters. The van der Waals surface area contributed by atoms with Crippen molar-refractivity contribution in [1.82, 2.24) is 4.90 Å². The van der Waals surface area contributed by atoms with Gasteiger partial charge in [-0.2, -0.15) is 0 Å². The maximum absolute atomic E-state index is 12.9. The number of phenolic OH excluding ortho intramolecular Hbond substituents is 1. The van der Waals surface area contributed by atoms with Crippen molar-refractivity contribution in [2.24, 2.45) is 0 Å². The van der Waals surface area contributed by atoms with Crippen LogP contribution in [-0.2, 0) is 24.3 Å². The van der Waals surface area contributed by atoms with E-state index >= 15 is 0 Å². The molecule has 134 valence electrons. The molecule has 0 fully saturated rings. The number of rotatable bonds is 7. The second kappa shape index (κ2) is 8.25. The number of carbonyl (C=O) groups is 1. The molecule has 1 amide bonds. The van der Waals surface area contributed by atoms with Crippen LogP contribution in [0.4, 0.5) is 0 Å². The third-order valence-corrected chi connectivity index (χ3v) is 4.12. The first-order chi connectivity index (χ1) is 12.7. The highest BCUT2D eigenvalue weighted by atomic mass is 16.5. The molecular formula is C21H21NO4. The molecule has 0 spiro atoms. The molecule has 0 bridgehead atoms. The van der Waals surface area contributed by atoms with E-state index in [9.17, 15) is 9.90 Å². The second-order valence-corrected chi connectivity index (χ2v) is 5.99. The maximum Gasteiger partial charge on any atom is 0.227 e. The van der Waals surface area contributed by atoms with E-state index in [4.69, 9.17) is 9.15 Å². The summed E-state index contributed by atoms with van der Waals surface area (Å²) in [5.74, 6) is 1.53. The standard InChI is InChI=1S/C21H21NO4/c1-25-18-8-4-6-16(12-18)13-21(24)22(15-19-9-5-11-26-19)14-17-7-2-3-10-20(17)23/h2-12,23H,13-15H2,1H3. The monoisotopic (exact) mass is 351 g/mol. The molecule has 0 aliphatic carbocycles. The molecule has 0 aliphatic rings. The molecular weight excluding hydrogens is 330 g/mol. The Kier molecular flexibility index (Phi) is 5.59. The molecule has 1 heterocycles. The van der Waals surface area contributed by atoms with Gasteiger partial charge in [-0.25, -0.2) is 0 Å². The zero-order chi connectivity index (χ0) is 18.4. The lowest BCUT2D eigenvalue weighted by molar-refractivity contribution is -0.132. The first-order valence-corrected chi connectivity index (χ1v) is 8.35. The van der Waals surface area contributed by atoms with Crippen LogP contribution < -0.4 is 4.74 Å². The van der Waals surface area contributed by atoms with Gasteiger partial charge in [-0.15, -0.1) is 0 Å². The largest absolute Gasteiger partial charge is 0.508 e. The predicted molar refractivity (Wildman–Crippen MR) is 97.8 cm³/mol. The van der Waals surface area contributed by atoms with Crippen LogP contribution in [0.1, 0.15) is 16.9 Å². The van der Waals surface area contributed by atoms with Crippen molar-refractivity contribution < 1.29 is 19.1 Å². The van der Waals surface area contributed by atoms with Gasteiger partial charge < -0.3 is 19.2 Å². The summed E-state index contributed by atoms with van der Waals surface area (Å²) in [6, 6.07) is 18.1. The van der Waals surface area contributed by atoms with Crippen molar-refractivity contribution in [3.05, 3.63) is 83.8 Å². The van der Waals surface area contributed by atoms with E-state index in [2.05, 4.69) is 0 Å². The van der Waals surface area contributed by atoms with Crippen molar-refractivity contribution in [1.29, 1.82) is 0 Å². The van der Waals surface area contributed by atoms with Crippen LogP contribution in [0.2, 0.25) is 0 Å². The third kappa shape index (κ3) is 4.45. The van der Waals surface area contributed by atoms with E-state index in [1.165, 1.54) is 0 Å². The van der Waals surface area contributed by atoms with Gasteiger partial charge in [-0.3, -0.25) is 4.79 Å². The predicted octanol–water partition coefficient (Wildman–Crippen LogP) is 3.77. The highest BCUT2D eigenvalue weighted by Gasteiger charge is 2.18. The minimum absolute atomic E-state index is 0.0575. The van der Waals surface area contributed by atoms with Crippen molar-refractivity contribution in [2.45, 2.75) is 19.5 Å². The number of nitrogens with zero attached hydrogens (tertiary/aromatic N) is 1. The number of hydrogen-bond acceptors (Lipinski definition) is 4. The normalized spacial score (nSPS) is 10.5. The number of para-hydroxylation sites is 1. The topological polar surface area (TPSA) is 62.9 Å². The number of ether oxygens (including phenoxy) is 1. The molecule has 0 radical (unpaired) electrons. The van der Waals surface area contributed by atoms with Crippen molar-refractivity contribution in [3.63, 3.8) is 0 Å². The average molecular weight is 351 g/mol. The second-order valence-electron chi connectivity index (χ2n) is 5.99. The van der Waals surface area contributed by atoms with Gasteiger partial charge in [0.25, 0.3) is 0 Å². The van der Waals surface area contributed by atoms with Gasteiger partial charge in [0.15, 0.2) is 0 Å². The Morgan fingerprint density at radius 1 is 1.08 bits per heavy atom. The van der Waals surface area contributed by atoms with Gasteiger partial charge in [0.1, 0.15) is 17.3 Å². The van der Waals surface area contributed by atoms with Crippen LogP contribution in [0.15, 0.2) is 71.3 Å². The van der Waals surface area contributed by atoms with E-state index in [-0.39, 0.29) is 18.1 Å². The lowest BCUT2D eigenvalue weighted by atomic mass is 10.1. The Balaban J connectivity index is 1.79. The minimum atomic E-state index is -0.0575. The maximum atomic E-state index is 12.9. The molecule has 0 atom stereocenters. The number of methoxy groups -OCH3 is 1.